The van der Waals surface area contributed by atoms with E-state index in [1.165, 1.54) is 17.8 Å². The summed E-state index contributed by atoms with van der Waals surface area (Å²) in [6, 6.07) is 1.93. The lowest BCUT2D eigenvalue weighted by molar-refractivity contribution is 0.0968. The molecule has 1 aromatic rings. The fourth-order valence-electron chi connectivity index (χ4n) is 2.51. The highest BCUT2D eigenvalue weighted by Crippen LogP contribution is 2.39. The minimum atomic E-state index is -0.0969. The van der Waals surface area contributed by atoms with Crippen molar-refractivity contribution in [1.82, 2.24) is 5.32 Å². The van der Waals surface area contributed by atoms with Gasteiger partial charge in [-0.15, -0.1) is 11.3 Å². The van der Waals surface area contributed by atoms with E-state index in [-0.39, 0.29) is 5.91 Å². The van der Waals surface area contributed by atoms with Gasteiger partial charge in [-0.2, -0.15) is 0 Å². The van der Waals surface area contributed by atoms with E-state index in [1.807, 2.05) is 6.07 Å². The Labute approximate surface area is 119 Å². The first-order valence-electron chi connectivity index (χ1n) is 6.69. The molecule has 0 saturated carbocycles. The number of nitrogen functional groups attached to an aromatic ring is 1. The number of anilines is 2. The molecular weight excluding hydrogens is 258 g/mol. The summed E-state index contributed by atoms with van der Waals surface area (Å²) >= 11 is 1.49. The van der Waals surface area contributed by atoms with Crippen molar-refractivity contribution in [3.05, 3.63) is 10.9 Å². The summed E-state index contributed by atoms with van der Waals surface area (Å²) in [5, 5.41) is 3.75. The fourth-order valence-corrected chi connectivity index (χ4v) is 3.57. The lowest BCUT2D eigenvalue weighted by Gasteiger charge is -2.27. The van der Waals surface area contributed by atoms with Crippen LogP contribution in [0.5, 0.6) is 0 Å². The second-order valence-corrected chi connectivity index (χ2v) is 7.28. The van der Waals surface area contributed by atoms with E-state index < -0.39 is 0 Å². The van der Waals surface area contributed by atoms with Crippen molar-refractivity contribution in [2.24, 2.45) is 11.3 Å². The van der Waals surface area contributed by atoms with E-state index >= 15 is 0 Å². The second-order valence-electron chi connectivity index (χ2n) is 6.25. The molecule has 1 atom stereocenters. The average molecular weight is 281 g/mol. The summed E-state index contributed by atoms with van der Waals surface area (Å²) < 4.78 is 0. The van der Waals surface area contributed by atoms with Gasteiger partial charge in [0.1, 0.15) is 4.88 Å². The van der Waals surface area contributed by atoms with E-state index in [0.717, 1.165) is 18.1 Å². The topological polar surface area (TPSA) is 58.4 Å². The number of hydrogen-bond acceptors (Lipinski definition) is 4. The third-order valence-electron chi connectivity index (χ3n) is 3.91. The number of nitrogens with one attached hydrogen (secondary N) is 1. The standard InChI is InChI=1S/C14H23N3OS/c1-14(2,3)9-5-6-17(8-9)11-7-10(15)12(19-11)13(18)16-4/h7,9H,5-6,8,15H2,1-4H3,(H,16,18). The quantitative estimate of drug-likeness (QED) is 0.876. The molecular formula is C14H23N3OS. The molecule has 0 bridgehead atoms. The molecule has 1 amide bonds. The minimum Gasteiger partial charge on any atom is -0.397 e. The molecule has 0 radical (unpaired) electrons. The van der Waals surface area contributed by atoms with Gasteiger partial charge in [0.25, 0.3) is 5.91 Å². The summed E-state index contributed by atoms with van der Waals surface area (Å²) in [7, 11) is 1.63. The Balaban J connectivity index is 2.14. The van der Waals surface area contributed by atoms with Crippen molar-refractivity contribution < 1.29 is 4.79 Å². The van der Waals surface area contributed by atoms with Crippen LogP contribution in [0.25, 0.3) is 0 Å². The van der Waals surface area contributed by atoms with E-state index in [1.54, 1.807) is 7.05 Å². The highest BCUT2D eigenvalue weighted by Gasteiger charge is 2.32. The number of nitrogens with zero attached hydrogens (tertiary/aromatic N) is 1. The largest absolute Gasteiger partial charge is 0.397 e. The molecule has 3 N–H and O–H groups in total. The molecule has 1 aliphatic rings. The molecule has 1 fully saturated rings. The van der Waals surface area contributed by atoms with E-state index in [9.17, 15) is 4.79 Å². The van der Waals surface area contributed by atoms with Crippen LogP contribution in [0.4, 0.5) is 10.7 Å². The molecule has 1 aliphatic heterocycles. The predicted molar refractivity (Wildman–Crippen MR) is 81.9 cm³/mol. The zero-order chi connectivity index (χ0) is 14.2. The zero-order valence-corrected chi connectivity index (χ0v) is 12.9. The number of carbonyl (C=O) groups excluding carboxylic acids is 1. The van der Waals surface area contributed by atoms with Crippen LogP contribution in [0, 0.1) is 11.3 Å². The summed E-state index contributed by atoms with van der Waals surface area (Å²) in [6.45, 7) is 8.98. The van der Waals surface area contributed by atoms with Crippen LogP contribution in [0.3, 0.4) is 0 Å². The molecule has 4 nitrogen and oxygen atoms in total. The number of carbonyl (C=O) groups is 1. The van der Waals surface area contributed by atoms with Crippen molar-refractivity contribution in [3.63, 3.8) is 0 Å². The Morgan fingerprint density at radius 2 is 2.21 bits per heavy atom. The summed E-state index contributed by atoms with van der Waals surface area (Å²) in [5.41, 5.74) is 6.85. The molecule has 106 valence electrons. The van der Waals surface area contributed by atoms with Gasteiger partial charge in [-0.25, -0.2) is 0 Å². The minimum absolute atomic E-state index is 0.0969. The van der Waals surface area contributed by atoms with Crippen LogP contribution in [-0.2, 0) is 0 Å². The number of nitrogens with two attached hydrogens (primary N) is 1. The number of hydrogen-bond donors (Lipinski definition) is 2. The number of rotatable bonds is 2. The summed E-state index contributed by atoms with van der Waals surface area (Å²) in [6.07, 6.45) is 1.20. The van der Waals surface area contributed by atoms with Crippen LogP contribution in [0.1, 0.15) is 36.9 Å². The molecule has 0 aliphatic carbocycles. The maximum absolute atomic E-state index is 11.7. The van der Waals surface area contributed by atoms with Gasteiger partial charge >= 0.3 is 0 Å². The smallest absolute Gasteiger partial charge is 0.263 e. The van der Waals surface area contributed by atoms with Crippen LogP contribution in [0.15, 0.2) is 6.07 Å². The maximum atomic E-state index is 11.7. The Morgan fingerprint density at radius 3 is 2.74 bits per heavy atom. The molecule has 0 spiro atoms. The van der Waals surface area contributed by atoms with Crippen molar-refractivity contribution >= 4 is 27.9 Å². The first kappa shape index (κ1) is 14.2. The Hall–Kier alpha value is -1.23. The van der Waals surface area contributed by atoms with E-state index in [2.05, 4.69) is 31.0 Å². The van der Waals surface area contributed by atoms with Crippen molar-refractivity contribution in [3.8, 4) is 0 Å². The summed E-state index contributed by atoms with van der Waals surface area (Å²) in [5.74, 6) is 0.597. The third kappa shape index (κ3) is 2.86. The normalized spacial score (nSPS) is 19.8. The number of amides is 1. The van der Waals surface area contributed by atoms with Crippen molar-refractivity contribution in [1.29, 1.82) is 0 Å². The SMILES string of the molecule is CNC(=O)c1sc(N2CCC(C(C)(C)C)C2)cc1N. The van der Waals surface area contributed by atoms with Gasteiger partial charge in [0.05, 0.1) is 10.7 Å². The Bertz CT molecular complexity index is 476. The van der Waals surface area contributed by atoms with E-state index in [4.69, 9.17) is 5.73 Å². The third-order valence-corrected chi connectivity index (χ3v) is 5.12. The lowest BCUT2D eigenvalue weighted by Crippen LogP contribution is -2.25. The molecule has 5 heteroatoms. The van der Waals surface area contributed by atoms with Gasteiger partial charge in [-0.1, -0.05) is 20.8 Å². The lowest BCUT2D eigenvalue weighted by atomic mass is 9.80. The van der Waals surface area contributed by atoms with Crippen molar-refractivity contribution in [2.45, 2.75) is 27.2 Å². The highest BCUT2D eigenvalue weighted by atomic mass is 32.1. The van der Waals surface area contributed by atoms with E-state index in [0.29, 0.717) is 21.9 Å². The van der Waals surface area contributed by atoms with Crippen LogP contribution < -0.4 is 16.0 Å². The van der Waals surface area contributed by atoms with Gasteiger partial charge in [-0.3, -0.25) is 4.79 Å². The first-order chi connectivity index (χ1) is 8.82. The zero-order valence-electron chi connectivity index (χ0n) is 12.1. The van der Waals surface area contributed by atoms with Gasteiger partial charge in [-0.05, 0) is 23.8 Å². The van der Waals surface area contributed by atoms with Crippen LogP contribution >= 0.6 is 11.3 Å². The molecule has 19 heavy (non-hydrogen) atoms. The maximum Gasteiger partial charge on any atom is 0.263 e. The van der Waals surface area contributed by atoms with Gasteiger partial charge < -0.3 is 16.0 Å². The molecule has 1 unspecified atom stereocenters. The van der Waals surface area contributed by atoms with Gasteiger partial charge in [0, 0.05) is 20.1 Å². The molecule has 1 aromatic heterocycles. The average Bonchev–Trinajstić information content (AvgIpc) is 2.93. The van der Waals surface area contributed by atoms with Crippen LogP contribution in [0.2, 0.25) is 0 Å². The van der Waals surface area contributed by atoms with Crippen molar-refractivity contribution in [2.75, 3.05) is 30.8 Å². The Morgan fingerprint density at radius 1 is 1.53 bits per heavy atom. The highest BCUT2D eigenvalue weighted by molar-refractivity contribution is 7.18. The Kier molecular flexibility index (Phi) is 3.76. The predicted octanol–water partition coefficient (Wildman–Crippen LogP) is 2.56. The summed E-state index contributed by atoms with van der Waals surface area (Å²) in [4.78, 5) is 14.7. The first-order valence-corrected chi connectivity index (χ1v) is 7.51. The number of thiophene rings is 1. The monoisotopic (exact) mass is 281 g/mol. The second kappa shape index (κ2) is 5.04. The fraction of sp³-hybridized carbons (Fsp3) is 0.643. The van der Waals surface area contributed by atoms with Gasteiger partial charge in [0.2, 0.25) is 0 Å². The molecule has 0 aromatic carbocycles. The van der Waals surface area contributed by atoms with Gasteiger partial charge in [0.15, 0.2) is 0 Å². The molecule has 2 rings (SSSR count). The molecule has 2 heterocycles. The van der Waals surface area contributed by atoms with Crippen LogP contribution in [-0.4, -0.2) is 26.0 Å². The molecule has 1 saturated heterocycles.